The van der Waals surface area contributed by atoms with E-state index in [-0.39, 0.29) is 5.91 Å². The highest BCUT2D eigenvalue weighted by molar-refractivity contribution is 5.94. The zero-order valence-corrected chi connectivity index (χ0v) is 9.87. The Morgan fingerprint density at radius 1 is 1.39 bits per heavy atom. The van der Waals surface area contributed by atoms with E-state index in [1.165, 1.54) is 0 Å². The van der Waals surface area contributed by atoms with Gasteiger partial charge in [-0.25, -0.2) is 0 Å². The third-order valence-corrected chi connectivity index (χ3v) is 2.10. The molecule has 0 spiro atoms. The normalized spacial score (nSPS) is 9.56. The SMILES string of the molecule is [N-]=[N+]=NCCOCCNC(=O)c1ccc(N)cc1. The van der Waals surface area contributed by atoms with Crippen LogP contribution in [0.5, 0.6) is 0 Å². The van der Waals surface area contributed by atoms with Crippen LogP contribution in [0.15, 0.2) is 29.4 Å². The van der Waals surface area contributed by atoms with Crippen LogP contribution in [-0.2, 0) is 4.74 Å². The number of anilines is 1. The molecule has 96 valence electrons. The first-order valence-electron chi connectivity index (χ1n) is 5.46. The molecule has 3 N–H and O–H groups in total. The zero-order valence-electron chi connectivity index (χ0n) is 9.87. The van der Waals surface area contributed by atoms with Crippen LogP contribution in [0.4, 0.5) is 5.69 Å². The molecule has 0 radical (unpaired) electrons. The van der Waals surface area contributed by atoms with Crippen molar-refractivity contribution in [1.29, 1.82) is 0 Å². The van der Waals surface area contributed by atoms with Gasteiger partial charge in [0.25, 0.3) is 5.91 Å². The first kappa shape index (κ1) is 13.8. The van der Waals surface area contributed by atoms with Crippen molar-refractivity contribution >= 4 is 11.6 Å². The summed E-state index contributed by atoms with van der Waals surface area (Å²) in [5.41, 5.74) is 14.7. The lowest BCUT2D eigenvalue weighted by Crippen LogP contribution is -2.27. The number of amides is 1. The number of nitrogen functional groups attached to an aromatic ring is 1. The van der Waals surface area contributed by atoms with E-state index in [0.29, 0.717) is 37.6 Å². The highest BCUT2D eigenvalue weighted by Gasteiger charge is 2.03. The number of carbonyl (C=O) groups excluding carboxylic acids is 1. The van der Waals surface area contributed by atoms with Crippen LogP contribution in [-0.4, -0.2) is 32.2 Å². The monoisotopic (exact) mass is 249 g/mol. The molecule has 1 aromatic rings. The van der Waals surface area contributed by atoms with Crippen molar-refractivity contribution in [3.63, 3.8) is 0 Å². The standard InChI is InChI=1S/C11H15N5O2/c12-10-3-1-9(2-4-10)11(17)14-5-7-18-8-6-15-16-13/h1-4H,5-8,12H2,(H,14,17). The average Bonchev–Trinajstić information content (AvgIpc) is 2.38. The Balaban J connectivity index is 2.17. The molecule has 7 nitrogen and oxygen atoms in total. The number of nitrogens with zero attached hydrogens (tertiary/aromatic N) is 3. The highest BCUT2D eigenvalue weighted by Crippen LogP contribution is 2.04. The van der Waals surface area contributed by atoms with Crippen molar-refractivity contribution in [2.45, 2.75) is 0 Å². The molecule has 0 aliphatic heterocycles. The molecule has 1 rings (SSSR count). The second-order valence-corrected chi connectivity index (χ2v) is 3.44. The number of nitrogens with two attached hydrogens (primary N) is 1. The minimum atomic E-state index is -0.173. The van der Waals surface area contributed by atoms with Gasteiger partial charge in [-0.2, -0.15) is 0 Å². The molecule has 0 aliphatic rings. The topological polar surface area (TPSA) is 113 Å². The largest absolute Gasteiger partial charge is 0.399 e. The van der Waals surface area contributed by atoms with Crippen molar-refractivity contribution in [3.8, 4) is 0 Å². The average molecular weight is 249 g/mol. The second-order valence-electron chi connectivity index (χ2n) is 3.44. The highest BCUT2D eigenvalue weighted by atomic mass is 16.5. The number of hydrogen-bond donors (Lipinski definition) is 2. The minimum absolute atomic E-state index is 0.173. The quantitative estimate of drug-likeness (QED) is 0.250. The van der Waals surface area contributed by atoms with E-state index in [2.05, 4.69) is 15.3 Å². The van der Waals surface area contributed by atoms with E-state index in [0.717, 1.165) is 0 Å². The van der Waals surface area contributed by atoms with E-state index in [4.69, 9.17) is 16.0 Å². The Kier molecular flexibility index (Phi) is 6.10. The first-order valence-corrected chi connectivity index (χ1v) is 5.46. The number of nitrogens with one attached hydrogen (secondary N) is 1. The molecule has 0 aromatic heterocycles. The summed E-state index contributed by atoms with van der Waals surface area (Å²) in [6, 6.07) is 6.66. The maximum atomic E-state index is 11.6. The lowest BCUT2D eigenvalue weighted by atomic mass is 10.2. The van der Waals surface area contributed by atoms with Gasteiger partial charge in [-0.05, 0) is 29.8 Å². The Labute approximate surface area is 105 Å². The maximum absolute atomic E-state index is 11.6. The molecule has 0 fully saturated rings. The molecular weight excluding hydrogens is 234 g/mol. The van der Waals surface area contributed by atoms with E-state index in [9.17, 15) is 4.79 Å². The number of benzene rings is 1. The predicted octanol–water partition coefficient (Wildman–Crippen LogP) is 1.33. The van der Waals surface area contributed by atoms with Crippen molar-refractivity contribution in [3.05, 3.63) is 40.3 Å². The van der Waals surface area contributed by atoms with Gasteiger partial charge in [-0.3, -0.25) is 4.79 Å². The second kappa shape index (κ2) is 7.94. The van der Waals surface area contributed by atoms with E-state index >= 15 is 0 Å². The predicted molar refractivity (Wildman–Crippen MR) is 68.0 cm³/mol. The molecule has 1 amide bonds. The van der Waals surface area contributed by atoms with Crippen molar-refractivity contribution in [1.82, 2.24) is 5.32 Å². The number of hydrogen-bond acceptors (Lipinski definition) is 4. The lowest BCUT2D eigenvalue weighted by Gasteiger charge is -2.05. The molecule has 0 saturated carbocycles. The van der Waals surface area contributed by atoms with Gasteiger partial charge in [-0.1, -0.05) is 5.11 Å². The van der Waals surface area contributed by atoms with Gasteiger partial charge < -0.3 is 15.8 Å². The number of ether oxygens (including phenoxy) is 1. The Hall–Kier alpha value is -2.24. The van der Waals surface area contributed by atoms with Gasteiger partial charge >= 0.3 is 0 Å². The molecule has 0 saturated heterocycles. The Morgan fingerprint density at radius 2 is 2.11 bits per heavy atom. The molecule has 1 aromatic carbocycles. The molecule has 0 bridgehead atoms. The van der Waals surface area contributed by atoms with Crippen LogP contribution in [0.1, 0.15) is 10.4 Å². The van der Waals surface area contributed by atoms with Crippen LogP contribution < -0.4 is 11.1 Å². The molecule has 0 heterocycles. The van der Waals surface area contributed by atoms with Crippen LogP contribution in [0.3, 0.4) is 0 Å². The van der Waals surface area contributed by atoms with Crippen LogP contribution in [0.25, 0.3) is 10.4 Å². The third kappa shape index (κ3) is 5.20. The summed E-state index contributed by atoms with van der Waals surface area (Å²) in [4.78, 5) is 14.2. The fourth-order valence-corrected chi connectivity index (χ4v) is 1.23. The lowest BCUT2D eigenvalue weighted by molar-refractivity contribution is 0.0920. The number of carbonyl (C=O) groups is 1. The summed E-state index contributed by atoms with van der Waals surface area (Å²) < 4.78 is 5.14. The summed E-state index contributed by atoms with van der Waals surface area (Å²) in [5.74, 6) is -0.173. The number of azide groups is 1. The molecule has 0 atom stereocenters. The Morgan fingerprint density at radius 3 is 2.78 bits per heavy atom. The van der Waals surface area contributed by atoms with Crippen LogP contribution in [0, 0.1) is 0 Å². The van der Waals surface area contributed by atoms with Crippen molar-refractivity contribution < 1.29 is 9.53 Å². The fraction of sp³-hybridized carbons (Fsp3) is 0.364. The zero-order chi connectivity index (χ0) is 13.2. The molecule has 0 aliphatic carbocycles. The van der Waals surface area contributed by atoms with Gasteiger partial charge in [0.1, 0.15) is 0 Å². The maximum Gasteiger partial charge on any atom is 0.251 e. The Bertz CT molecular complexity index is 426. The van der Waals surface area contributed by atoms with E-state index < -0.39 is 0 Å². The minimum Gasteiger partial charge on any atom is -0.399 e. The van der Waals surface area contributed by atoms with Crippen LogP contribution >= 0.6 is 0 Å². The molecule has 18 heavy (non-hydrogen) atoms. The summed E-state index contributed by atoms with van der Waals surface area (Å²) in [6.07, 6.45) is 0. The van der Waals surface area contributed by atoms with Gasteiger partial charge in [0.2, 0.25) is 0 Å². The van der Waals surface area contributed by atoms with E-state index in [1.54, 1.807) is 24.3 Å². The molecule has 0 unspecified atom stereocenters. The van der Waals surface area contributed by atoms with Crippen molar-refractivity contribution in [2.24, 2.45) is 5.11 Å². The van der Waals surface area contributed by atoms with Crippen LogP contribution in [0.2, 0.25) is 0 Å². The molecule has 7 heteroatoms. The summed E-state index contributed by atoms with van der Waals surface area (Å²) >= 11 is 0. The van der Waals surface area contributed by atoms with Gasteiger partial charge in [0.15, 0.2) is 0 Å². The fourth-order valence-electron chi connectivity index (χ4n) is 1.23. The number of rotatable bonds is 7. The van der Waals surface area contributed by atoms with Crippen molar-refractivity contribution in [2.75, 3.05) is 32.0 Å². The summed E-state index contributed by atoms with van der Waals surface area (Å²) in [7, 11) is 0. The van der Waals surface area contributed by atoms with Gasteiger partial charge in [0.05, 0.1) is 13.2 Å². The summed E-state index contributed by atoms with van der Waals surface area (Å²) in [6.45, 7) is 1.42. The summed E-state index contributed by atoms with van der Waals surface area (Å²) in [5, 5.41) is 6.02. The smallest absolute Gasteiger partial charge is 0.251 e. The van der Waals surface area contributed by atoms with Gasteiger partial charge in [0, 0.05) is 29.3 Å². The first-order chi connectivity index (χ1) is 8.74. The van der Waals surface area contributed by atoms with Gasteiger partial charge in [-0.15, -0.1) is 0 Å². The third-order valence-electron chi connectivity index (χ3n) is 2.10. The molecular formula is C11H15N5O2. The van der Waals surface area contributed by atoms with E-state index in [1.807, 2.05) is 0 Å².